The van der Waals surface area contributed by atoms with Gasteiger partial charge in [0.1, 0.15) is 10.6 Å². The summed E-state index contributed by atoms with van der Waals surface area (Å²) in [5, 5.41) is 0. The highest BCUT2D eigenvalue weighted by Gasteiger charge is 2.32. The number of piperazine rings is 1. The Hall–Kier alpha value is -3.24. The van der Waals surface area contributed by atoms with Gasteiger partial charge in [0.25, 0.3) is 5.91 Å². The predicted molar refractivity (Wildman–Crippen MR) is 145 cm³/mol. The fraction of sp³-hybridized carbons (Fsp3) is 0.345. The lowest BCUT2D eigenvalue weighted by atomic mass is 9.96. The van der Waals surface area contributed by atoms with Crippen molar-refractivity contribution in [2.24, 2.45) is 0 Å². The third-order valence-corrected chi connectivity index (χ3v) is 9.12. The molecule has 2 saturated heterocycles. The molecule has 1 amide bonds. The SMILES string of the molecule is COc1ccc(C(=O)N2CCN(C(c3ccccc3)c3ccccc3)CC2)cc1S(=O)(=O)N1CCOCC1. The lowest BCUT2D eigenvalue weighted by Gasteiger charge is -2.40. The van der Waals surface area contributed by atoms with E-state index in [2.05, 4.69) is 53.4 Å². The molecule has 8 nitrogen and oxygen atoms in total. The van der Waals surface area contributed by atoms with Crippen molar-refractivity contribution in [1.29, 1.82) is 0 Å². The molecule has 2 aliphatic heterocycles. The zero-order valence-electron chi connectivity index (χ0n) is 21.5. The average Bonchev–Trinajstić information content (AvgIpc) is 2.98. The van der Waals surface area contributed by atoms with Gasteiger partial charge in [-0.3, -0.25) is 9.69 Å². The molecule has 3 aromatic carbocycles. The van der Waals surface area contributed by atoms with E-state index in [1.165, 1.54) is 28.6 Å². The highest BCUT2D eigenvalue weighted by atomic mass is 32.2. The summed E-state index contributed by atoms with van der Waals surface area (Å²) in [4.78, 5) is 17.7. The fourth-order valence-corrected chi connectivity index (χ4v) is 6.78. The Morgan fingerprint density at radius 2 is 1.39 bits per heavy atom. The van der Waals surface area contributed by atoms with Crippen molar-refractivity contribution in [2.45, 2.75) is 10.9 Å². The zero-order chi connectivity index (χ0) is 26.5. The van der Waals surface area contributed by atoms with Crippen LogP contribution in [0, 0.1) is 0 Å². The summed E-state index contributed by atoms with van der Waals surface area (Å²) in [5.74, 6) is 0.0492. The maximum atomic E-state index is 13.5. The maximum Gasteiger partial charge on any atom is 0.253 e. The van der Waals surface area contributed by atoms with Gasteiger partial charge in [-0.1, -0.05) is 60.7 Å². The van der Waals surface area contributed by atoms with E-state index in [-0.39, 0.29) is 35.7 Å². The fourth-order valence-electron chi connectivity index (χ4n) is 5.19. The molecule has 0 unspecified atom stereocenters. The Bertz CT molecular complexity index is 1300. The second-order valence-corrected chi connectivity index (χ2v) is 11.3. The molecule has 0 atom stereocenters. The van der Waals surface area contributed by atoms with Crippen LogP contribution in [-0.2, 0) is 14.8 Å². The predicted octanol–water partition coefficient (Wildman–Crippen LogP) is 3.26. The second kappa shape index (κ2) is 11.7. The van der Waals surface area contributed by atoms with Crippen LogP contribution >= 0.6 is 0 Å². The van der Waals surface area contributed by atoms with E-state index in [9.17, 15) is 13.2 Å². The van der Waals surface area contributed by atoms with Crippen LogP contribution in [0.1, 0.15) is 27.5 Å². The van der Waals surface area contributed by atoms with Crippen molar-refractivity contribution in [1.82, 2.24) is 14.1 Å². The number of nitrogens with zero attached hydrogens (tertiary/aromatic N) is 3. The van der Waals surface area contributed by atoms with Crippen LogP contribution in [0.3, 0.4) is 0 Å². The molecular formula is C29H33N3O5S. The lowest BCUT2D eigenvalue weighted by Crippen LogP contribution is -2.49. The number of amides is 1. The molecule has 0 saturated carbocycles. The molecule has 3 aromatic rings. The zero-order valence-corrected chi connectivity index (χ0v) is 22.3. The van der Waals surface area contributed by atoms with Gasteiger partial charge in [0, 0.05) is 44.8 Å². The van der Waals surface area contributed by atoms with Crippen LogP contribution in [0.15, 0.2) is 83.8 Å². The summed E-state index contributed by atoms with van der Waals surface area (Å²) in [6.07, 6.45) is 0. The number of rotatable bonds is 7. The van der Waals surface area contributed by atoms with Crippen molar-refractivity contribution in [3.63, 3.8) is 0 Å². The normalized spacial score (nSPS) is 17.5. The first-order valence-electron chi connectivity index (χ1n) is 12.9. The molecule has 5 rings (SSSR count). The van der Waals surface area contributed by atoms with Crippen LogP contribution in [-0.4, -0.2) is 88.0 Å². The van der Waals surface area contributed by atoms with Crippen molar-refractivity contribution in [2.75, 3.05) is 59.6 Å². The summed E-state index contributed by atoms with van der Waals surface area (Å²) in [7, 11) is -2.39. The number of carbonyl (C=O) groups is 1. The number of hydrogen-bond acceptors (Lipinski definition) is 6. The van der Waals surface area contributed by atoms with Crippen LogP contribution < -0.4 is 4.74 Å². The van der Waals surface area contributed by atoms with Crippen LogP contribution in [0.25, 0.3) is 0 Å². The third-order valence-electron chi connectivity index (χ3n) is 7.20. The number of benzene rings is 3. The Morgan fingerprint density at radius 1 is 0.816 bits per heavy atom. The van der Waals surface area contributed by atoms with Gasteiger partial charge in [0.05, 0.1) is 26.4 Å². The molecule has 200 valence electrons. The van der Waals surface area contributed by atoms with E-state index in [1.807, 2.05) is 12.1 Å². The van der Waals surface area contributed by atoms with Gasteiger partial charge in [-0.2, -0.15) is 4.31 Å². The molecule has 38 heavy (non-hydrogen) atoms. The van der Waals surface area contributed by atoms with Crippen molar-refractivity contribution >= 4 is 15.9 Å². The van der Waals surface area contributed by atoms with Gasteiger partial charge in [-0.05, 0) is 29.3 Å². The third kappa shape index (κ3) is 5.47. The highest BCUT2D eigenvalue weighted by molar-refractivity contribution is 7.89. The molecule has 2 aliphatic rings. The molecule has 9 heteroatoms. The second-order valence-electron chi connectivity index (χ2n) is 9.43. The first-order chi connectivity index (χ1) is 18.5. The molecule has 0 spiro atoms. The Balaban J connectivity index is 1.34. The van der Waals surface area contributed by atoms with Gasteiger partial charge < -0.3 is 14.4 Å². The largest absolute Gasteiger partial charge is 0.495 e. The van der Waals surface area contributed by atoms with Crippen LogP contribution in [0.5, 0.6) is 5.75 Å². The topological polar surface area (TPSA) is 79.4 Å². The molecule has 0 aliphatic carbocycles. The minimum absolute atomic E-state index is 0.0135. The summed E-state index contributed by atoms with van der Waals surface area (Å²) >= 11 is 0. The van der Waals surface area contributed by atoms with Crippen LogP contribution in [0.2, 0.25) is 0 Å². The summed E-state index contributed by atoms with van der Waals surface area (Å²) in [6.45, 7) is 3.74. The summed E-state index contributed by atoms with van der Waals surface area (Å²) in [6, 6.07) is 25.6. The van der Waals surface area contributed by atoms with Gasteiger partial charge >= 0.3 is 0 Å². The Labute approximate surface area is 224 Å². The first-order valence-corrected chi connectivity index (χ1v) is 14.3. The summed E-state index contributed by atoms with van der Waals surface area (Å²) < 4.78 is 38.8. The Kier molecular flexibility index (Phi) is 8.09. The molecule has 0 aromatic heterocycles. The molecule has 0 N–H and O–H groups in total. The maximum absolute atomic E-state index is 13.5. The van der Waals surface area contributed by atoms with E-state index >= 15 is 0 Å². The van der Waals surface area contributed by atoms with Crippen molar-refractivity contribution in [3.8, 4) is 5.75 Å². The van der Waals surface area contributed by atoms with Gasteiger partial charge in [0.2, 0.25) is 10.0 Å². The monoisotopic (exact) mass is 535 g/mol. The molecule has 0 radical (unpaired) electrons. The minimum Gasteiger partial charge on any atom is -0.495 e. The molecule has 2 fully saturated rings. The number of hydrogen-bond donors (Lipinski definition) is 0. The minimum atomic E-state index is -3.82. The molecule has 2 heterocycles. The summed E-state index contributed by atoms with van der Waals surface area (Å²) in [5.41, 5.74) is 2.77. The molecular weight excluding hydrogens is 502 g/mol. The Morgan fingerprint density at radius 3 is 1.95 bits per heavy atom. The number of carbonyl (C=O) groups excluding carboxylic acids is 1. The smallest absolute Gasteiger partial charge is 0.253 e. The van der Waals surface area contributed by atoms with E-state index in [1.54, 1.807) is 17.0 Å². The quantitative estimate of drug-likeness (QED) is 0.462. The standard InChI is InChI=1S/C29H33N3O5S/c1-36-26-13-12-25(22-27(26)38(34,35)32-18-20-37-21-19-32)29(33)31-16-14-30(15-17-31)28(23-8-4-2-5-9-23)24-10-6-3-7-11-24/h2-13,22,28H,14-21H2,1H3. The van der Waals surface area contributed by atoms with E-state index in [0.717, 1.165) is 0 Å². The average molecular weight is 536 g/mol. The number of methoxy groups -OCH3 is 1. The van der Waals surface area contributed by atoms with Crippen LogP contribution in [0.4, 0.5) is 0 Å². The first kappa shape index (κ1) is 26.4. The van der Waals surface area contributed by atoms with Gasteiger partial charge in [-0.25, -0.2) is 8.42 Å². The van der Waals surface area contributed by atoms with E-state index < -0.39 is 10.0 Å². The highest BCUT2D eigenvalue weighted by Crippen LogP contribution is 2.31. The number of sulfonamides is 1. The number of morpholine rings is 1. The van der Waals surface area contributed by atoms with Crippen molar-refractivity contribution in [3.05, 3.63) is 95.6 Å². The van der Waals surface area contributed by atoms with E-state index in [0.29, 0.717) is 45.0 Å². The van der Waals surface area contributed by atoms with Crippen molar-refractivity contribution < 1.29 is 22.7 Å². The van der Waals surface area contributed by atoms with Gasteiger partial charge in [0.15, 0.2) is 0 Å². The molecule has 0 bridgehead atoms. The van der Waals surface area contributed by atoms with E-state index in [4.69, 9.17) is 9.47 Å². The number of ether oxygens (including phenoxy) is 2. The lowest BCUT2D eigenvalue weighted by molar-refractivity contribution is 0.0597. The van der Waals surface area contributed by atoms with Gasteiger partial charge in [-0.15, -0.1) is 0 Å².